The Bertz CT molecular complexity index is 981. The number of benzene rings is 1. The van der Waals surface area contributed by atoms with Crippen LogP contribution in [0, 0.1) is 6.92 Å². The number of nitrogens with zero attached hydrogens (tertiary/aromatic N) is 3. The van der Waals surface area contributed by atoms with E-state index in [1.54, 1.807) is 0 Å². The molecule has 8 nitrogen and oxygen atoms in total. The molecule has 0 saturated carbocycles. The van der Waals surface area contributed by atoms with Crippen molar-refractivity contribution in [2.75, 3.05) is 43.3 Å². The molecular formula is C19H21N5O3. The number of aromatic amines is 1. The number of aromatic nitrogens is 3. The fraction of sp³-hybridized carbons (Fsp3) is 0.368. The molecule has 3 aromatic rings. The van der Waals surface area contributed by atoms with Gasteiger partial charge in [-0.25, -0.2) is 0 Å². The summed E-state index contributed by atoms with van der Waals surface area (Å²) < 4.78 is 16.3. The second-order valence-corrected chi connectivity index (χ2v) is 6.73. The molecule has 1 saturated heterocycles. The first kappa shape index (κ1) is 16.2. The highest BCUT2D eigenvalue weighted by Crippen LogP contribution is 2.33. The number of aryl methyl sites for hydroxylation is 1. The van der Waals surface area contributed by atoms with E-state index in [2.05, 4.69) is 21.3 Å². The lowest BCUT2D eigenvalue weighted by atomic mass is 10.2. The molecule has 8 heteroatoms. The van der Waals surface area contributed by atoms with Gasteiger partial charge in [0.05, 0.1) is 18.6 Å². The average Bonchev–Trinajstić information content (AvgIpc) is 3.31. The van der Waals surface area contributed by atoms with E-state index in [9.17, 15) is 0 Å². The van der Waals surface area contributed by atoms with Crippen molar-refractivity contribution in [1.29, 1.82) is 0 Å². The van der Waals surface area contributed by atoms with Crippen LogP contribution < -0.4 is 19.7 Å². The van der Waals surface area contributed by atoms with Gasteiger partial charge in [0.1, 0.15) is 11.5 Å². The Labute approximate surface area is 156 Å². The predicted molar refractivity (Wildman–Crippen MR) is 102 cm³/mol. The molecule has 140 valence electrons. The predicted octanol–water partition coefficient (Wildman–Crippen LogP) is 2.44. The number of anilines is 2. The van der Waals surface area contributed by atoms with Gasteiger partial charge in [-0.05, 0) is 30.7 Å². The zero-order chi connectivity index (χ0) is 18.2. The number of hydrogen-bond donors (Lipinski definition) is 2. The molecule has 2 aliphatic rings. The molecule has 4 heterocycles. The topological polar surface area (TPSA) is 84.5 Å². The van der Waals surface area contributed by atoms with E-state index >= 15 is 0 Å². The van der Waals surface area contributed by atoms with E-state index in [1.807, 2.05) is 25.1 Å². The van der Waals surface area contributed by atoms with Crippen LogP contribution in [0.4, 0.5) is 11.8 Å². The number of fused-ring (bicyclic) bond motifs is 2. The molecule has 0 aliphatic carbocycles. The lowest BCUT2D eigenvalue weighted by molar-refractivity contribution is 0.122. The van der Waals surface area contributed by atoms with E-state index in [-0.39, 0.29) is 6.79 Å². The van der Waals surface area contributed by atoms with E-state index in [0.717, 1.165) is 58.6 Å². The van der Waals surface area contributed by atoms with Crippen molar-refractivity contribution in [2.24, 2.45) is 0 Å². The number of rotatable bonds is 4. The fourth-order valence-electron chi connectivity index (χ4n) is 3.41. The quantitative estimate of drug-likeness (QED) is 0.733. The number of morpholine rings is 1. The molecule has 1 aromatic carbocycles. The molecule has 0 radical (unpaired) electrons. The molecule has 1 fully saturated rings. The minimum atomic E-state index is 0.282. The van der Waals surface area contributed by atoms with Gasteiger partial charge in [0.15, 0.2) is 11.5 Å². The molecule has 0 unspecified atom stereocenters. The summed E-state index contributed by atoms with van der Waals surface area (Å²) in [5, 5.41) is 4.45. The van der Waals surface area contributed by atoms with E-state index in [1.165, 1.54) is 0 Å². The van der Waals surface area contributed by atoms with Crippen LogP contribution in [-0.4, -0.2) is 48.0 Å². The number of H-pyrrole nitrogens is 1. The van der Waals surface area contributed by atoms with Crippen molar-refractivity contribution in [2.45, 2.75) is 13.5 Å². The lowest BCUT2D eigenvalue weighted by Crippen LogP contribution is -2.37. The molecule has 0 amide bonds. The van der Waals surface area contributed by atoms with E-state index < -0.39 is 0 Å². The maximum absolute atomic E-state index is 5.46. The third-order valence-corrected chi connectivity index (χ3v) is 4.80. The zero-order valence-corrected chi connectivity index (χ0v) is 15.1. The van der Waals surface area contributed by atoms with Gasteiger partial charge < -0.3 is 29.4 Å². The van der Waals surface area contributed by atoms with Gasteiger partial charge in [-0.15, -0.1) is 0 Å². The summed E-state index contributed by atoms with van der Waals surface area (Å²) in [6, 6.07) is 8.04. The first-order valence-electron chi connectivity index (χ1n) is 9.09. The minimum absolute atomic E-state index is 0.282. The first-order valence-corrected chi connectivity index (χ1v) is 9.09. The highest BCUT2D eigenvalue weighted by molar-refractivity contribution is 5.89. The van der Waals surface area contributed by atoms with Gasteiger partial charge in [-0.3, -0.25) is 0 Å². The molecule has 0 bridgehead atoms. The van der Waals surface area contributed by atoms with Gasteiger partial charge in [0, 0.05) is 25.3 Å². The van der Waals surface area contributed by atoms with Crippen molar-refractivity contribution in [3.63, 3.8) is 0 Å². The van der Waals surface area contributed by atoms with Crippen LogP contribution in [0.2, 0.25) is 0 Å². The summed E-state index contributed by atoms with van der Waals surface area (Å²) in [6.07, 6.45) is 0. The van der Waals surface area contributed by atoms with E-state index in [4.69, 9.17) is 24.2 Å². The van der Waals surface area contributed by atoms with Gasteiger partial charge in [-0.1, -0.05) is 6.07 Å². The first-order chi connectivity index (χ1) is 13.3. The van der Waals surface area contributed by atoms with Crippen molar-refractivity contribution in [3.05, 3.63) is 35.5 Å². The largest absolute Gasteiger partial charge is 0.454 e. The molecule has 2 aromatic heterocycles. The van der Waals surface area contributed by atoms with Crippen LogP contribution in [0.15, 0.2) is 24.3 Å². The van der Waals surface area contributed by atoms with Gasteiger partial charge >= 0.3 is 0 Å². The normalized spacial score (nSPS) is 16.1. The maximum atomic E-state index is 5.46. The monoisotopic (exact) mass is 367 g/mol. The van der Waals surface area contributed by atoms with Crippen LogP contribution >= 0.6 is 0 Å². The summed E-state index contributed by atoms with van der Waals surface area (Å²) >= 11 is 0. The number of nitrogens with one attached hydrogen (secondary N) is 2. The Balaban J connectivity index is 1.44. The Hall–Kier alpha value is -3.00. The van der Waals surface area contributed by atoms with Crippen LogP contribution in [0.1, 0.15) is 11.3 Å². The Morgan fingerprint density at radius 2 is 1.96 bits per heavy atom. The average molecular weight is 367 g/mol. The summed E-state index contributed by atoms with van der Waals surface area (Å²) in [4.78, 5) is 15.0. The Kier molecular flexibility index (Phi) is 3.97. The third-order valence-electron chi connectivity index (χ3n) is 4.80. The summed E-state index contributed by atoms with van der Waals surface area (Å²) in [6.45, 7) is 5.94. The second kappa shape index (κ2) is 6.62. The van der Waals surface area contributed by atoms with Crippen LogP contribution in [-0.2, 0) is 11.3 Å². The Morgan fingerprint density at radius 1 is 1.11 bits per heavy atom. The van der Waals surface area contributed by atoms with Crippen molar-refractivity contribution < 1.29 is 14.2 Å². The fourth-order valence-corrected chi connectivity index (χ4v) is 3.41. The minimum Gasteiger partial charge on any atom is -0.454 e. The highest BCUT2D eigenvalue weighted by atomic mass is 16.7. The molecule has 2 N–H and O–H groups in total. The molecule has 5 rings (SSSR count). The van der Waals surface area contributed by atoms with Crippen molar-refractivity contribution >= 4 is 22.8 Å². The Morgan fingerprint density at radius 3 is 2.85 bits per heavy atom. The molecular weight excluding hydrogens is 346 g/mol. The van der Waals surface area contributed by atoms with Crippen LogP contribution in [0.25, 0.3) is 11.0 Å². The van der Waals surface area contributed by atoms with Gasteiger partial charge in [0.2, 0.25) is 12.7 Å². The van der Waals surface area contributed by atoms with Crippen LogP contribution in [0.3, 0.4) is 0 Å². The molecule has 0 atom stereocenters. The summed E-state index contributed by atoms with van der Waals surface area (Å²) in [5.74, 6) is 3.12. The van der Waals surface area contributed by atoms with Crippen LogP contribution in [0.5, 0.6) is 11.5 Å². The molecule has 2 aliphatic heterocycles. The summed E-state index contributed by atoms with van der Waals surface area (Å²) in [5.41, 5.74) is 3.01. The second-order valence-electron chi connectivity index (χ2n) is 6.73. The standard InChI is InChI=1S/C19H21N5O3/c1-12-8-14-17(20-10-13-2-3-15-16(9-13)27-11-26-15)22-19(23-18(14)21-12)24-4-6-25-7-5-24/h2-3,8-9H,4-7,10-11H2,1H3,(H2,20,21,22,23). The van der Waals surface area contributed by atoms with E-state index in [0.29, 0.717) is 19.8 Å². The SMILES string of the molecule is Cc1cc2c(NCc3ccc4c(c3)OCO4)nc(N3CCOCC3)nc2[nH]1. The smallest absolute Gasteiger partial charge is 0.231 e. The number of hydrogen-bond acceptors (Lipinski definition) is 7. The lowest BCUT2D eigenvalue weighted by Gasteiger charge is -2.27. The summed E-state index contributed by atoms with van der Waals surface area (Å²) in [7, 11) is 0. The highest BCUT2D eigenvalue weighted by Gasteiger charge is 2.18. The molecule has 27 heavy (non-hydrogen) atoms. The number of ether oxygens (including phenoxy) is 3. The van der Waals surface area contributed by atoms with Gasteiger partial charge in [0.25, 0.3) is 0 Å². The third kappa shape index (κ3) is 3.12. The zero-order valence-electron chi connectivity index (χ0n) is 15.1. The van der Waals surface area contributed by atoms with Crippen molar-refractivity contribution in [3.8, 4) is 11.5 Å². The molecule has 0 spiro atoms. The van der Waals surface area contributed by atoms with Gasteiger partial charge in [-0.2, -0.15) is 9.97 Å². The van der Waals surface area contributed by atoms with Crippen molar-refractivity contribution in [1.82, 2.24) is 15.0 Å². The maximum Gasteiger partial charge on any atom is 0.231 e.